The number of primary amides is 1. The number of nitrogens with one attached hydrogen (secondary N) is 2. The highest BCUT2D eigenvalue weighted by atomic mass is 32.1. The minimum absolute atomic E-state index is 0.184. The number of hydrogen-bond acceptors (Lipinski definition) is 4. The van der Waals surface area contributed by atoms with Gasteiger partial charge in [0.2, 0.25) is 0 Å². The zero-order chi connectivity index (χ0) is 15.7. The molecule has 1 aliphatic rings. The summed E-state index contributed by atoms with van der Waals surface area (Å²) in [5.41, 5.74) is 7.08. The topological polar surface area (TPSA) is 76.6 Å². The van der Waals surface area contributed by atoms with E-state index < -0.39 is 5.91 Å². The lowest BCUT2D eigenvalue weighted by Gasteiger charge is -2.22. The maximum atomic E-state index is 12.2. The Kier molecular flexibility index (Phi) is 4.28. The second-order valence-corrected chi connectivity index (χ2v) is 7.34. The average Bonchev–Trinajstić information content (AvgIpc) is 3.13. The van der Waals surface area contributed by atoms with Crippen LogP contribution in [0.15, 0.2) is 17.5 Å². The molecule has 0 radical (unpaired) electrons. The van der Waals surface area contributed by atoms with Crippen LogP contribution in [0.1, 0.15) is 37.4 Å². The summed E-state index contributed by atoms with van der Waals surface area (Å²) < 4.78 is 0. The summed E-state index contributed by atoms with van der Waals surface area (Å²) in [4.78, 5) is 27.4. The third kappa shape index (κ3) is 2.79. The molecule has 3 rings (SSSR count). The Balaban J connectivity index is 1.92. The van der Waals surface area contributed by atoms with Gasteiger partial charge >= 0.3 is 0 Å². The predicted molar refractivity (Wildman–Crippen MR) is 88.9 cm³/mol. The van der Waals surface area contributed by atoms with Gasteiger partial charge in [0, 0.05) is 6.42 Å². The van der Waals surface area contributed by atoms with Gasteiger partial charge < -0.3 is 16.0 Å². The minimum Gasteiger partial charge on any atom is -0.365 e. The molecule has 2 aromatic heterocycles. The van der Waals surface area contributed by atoms with Crippen molar-refractivity contribution in [2.75, 3.05) is 18.4 Å². The Morgan fingerprint density at radius 2 is 2.27 bits per heavy atom. The van der Waals surface area contributed by atoms with Crippen LogP contribution in [0.3, 0.4) is 0 Å². The number of quaternary nitrogens is 1. The highest BCUT2D eigenvalue weighted by Gasteiger charge is 2.29. The Bertz CT molecular complexity index is 707. The van der Waals surface area contributed by atoms with Crippen molar-refractivity contribution >= 4 is 39.5 Å². The molecule has 5 nitrogen and oxygen atoms in total. The van der Waals surface area contributed by atoms with Gasteiger partial charge in [-0.05, 0) is 23.9 Å². The molecule has 0 bridgehead atoms. The zero-order valence-corrected chi connectivity index (χ0v) is 13.9. The number of likely N-dealkylation sites (N-methyl/N-ethyl adjacent to an activating group) is 1. The summed E-state index contributed by atoms with van der Waals surface area (Å²) in [5, 5.41) is 5.31. The summed E-state index contributed by atoms with van der Waals surface area (Å²) in [6.07, 6.45) is 0.835. The fourth-order valence-corrected chi connectivity index (χ4v) is 4.70. The second-order valence-electron chi connectivity index (χ2n) is 5.28. The predicted octanol–water partition coefficient (Wildman–Crippen LogP) is 1.12. The number of rotatable bonds is 4. The van der Waals surface area contributed by atoms with E-state index in [1.807, 2.05) is 11.4 Å². The van der Waals surface area contributed by atoms with Crippen LogP contribution in [0, 0.1) is 0 Å². The molecule has 0 aromatic carbocycles. The summed E-state index contributed by atoms with van der Waals surface area (Å²) in [7, 11) is 0. The number of fused-ring (bicyclic) bond motifs is 1. The Hall–Kier alpha value is -1.70. The first-order valence-electron chi connectivity index (χ1n) is 7.23. The first kappa shape index (κ1) is 15.2. The van der Waals surface area contributed by atoms with Crippen LogP contribution in [0.4, 0.5) is 5.00 Å². The first-order chi connectivity index (χ1) is 10.6. The molecule has 0 spiro atoms. The van der Waals surface area contributed by atoms with Gasteiger partial charge in [-0.3, -0.25) is 9.59 Å². The zero-order valence-electron chi connectivity index (χ0n) is 12.3. The molecule has 0 aliphatic carbocycles. The van der Waals surface area contributed by atoms with Gasteiger partial charge in [-0.15, -0.1) is 22.7 Å². The van der Waals surface area contributed by atoms with Crippen molar-refractivity contribution in [2.24, 2.45) is 5.73 Å². The first-order valence-corrected chi connectivity index (χ1v) is 8.92. The Morgan fingerprint density at radius 1 is 1.45 bits per heavy atom. The maximum Gasteiger partial charge on any atom is 0.266 e. The van der Waals surface area contributed by atoms with Crippen molar-refractivity contribution in [2.45, 2.75) is 19.9 Å². The van der Waals surface area contributed by atoms with Crippen LogP contribution in [-0.4, -0.2) is 24.9 Å². The van der Waals surface area contributed by atoms with Gasteiger partial charge in [0.1, 0.15) is 11.5 Å². The van der Waals surface area contributed by atoms with E-state index in [0.717, 1.165) is 31.6 Å². The van der Waals surface area contributed by atoms with Crippen LogP contribution >= 0.6 is 22.7 Å². The molecular formula is C15H18N3O2S2+. The third-order valence-corrected chi connectivity index (χ3v) is 5.96. The van der Waals surface area contributed by atoms with E-state index in [1.165, 1.54) is 32.5 Å². The smallest absolute Gasteiger partial charge is 0.266 e. The van der Waals surface area contributed by atoms with E-state index in [2.05, 4.69) is 12.2 Å². The monoisotopic (exact) mass is 336 g/mol. The lowest BCUT2D eigenvalue weighted by Crippen LogP contribution is -3.11. The largest absolute Gasteiger partial charge is 0.365 e. The number of hydrogen-bond donors (Lipinski definition) is 3. The van der Waals surface area contributed by atoms with Crippen molar-refractivity contribution in [3.63, 3.8) is 0 Å². The van der Waals surface area contributed by atoms with E-state index in [-0.39, 0.29) is 5.91 Å². The fourth-order valence-electron chi connectivity index (χ4n) is 2.76. The normalized spacial score (nSPS) is 17.0. The second kappa shape index (κ2) is 6.20. The van der Waals surface area contributed by atoms with E-state index in [1.54, 1.807) is 6.07 Å². The van der Waals surface area contributed by atoms with Crippen LogP contribution in [0.2, 0.25) is 0 Å². The van der Waals surface area contributed by atoms with Crippen LogP contribution in [0.25, 0.3) is 0 Å². The summed E-state index contributed by atoms with van der Waals surface area (Å²) in [6.45, 7) is 5.10. The number of carbonyl (C=O) groups is 2. The highest BCUT2D eigenvalue weighted by Crippen LogP contribution is 2.34. The number of nitrogens with two attached hydrogens (primary N) is 1. The molecule has 0 saturated heterocycles. The molecule has 1 unspecified atom stereocenters. The van der Waals surface area contributed by atoms with Gasteiger partial charge in [0.25, 0.3) is 11.8 Å². The molecule has 0 fully saturated rings. The van der Waals surface area contributed by atoms with Crippen molar-refractivity contribution in [1.82, 2.24) is 0 Å². The van der Waals surface area contributed by atoms with Crippen molar-refractivity contribution in [1.29, 1.82) is 0 Å². The molecule has 2 amide bonds. The quantitative estimate of drug-likeness (QED) is 0.782. The molecule has 7 heteroatoms. The molecule has 3 heterocycles. The minimum atomic E-state index is -0.459. The number of carbonyl (C=O) groups excluding carboxylic acids is 2. The lowest BCUT2D eigenvalue weighted by atomic mass is 10.0. The maximum absolute atomic E-state index is 12.2. The van der Waals surface area contributed by atoms with Crippen LogP contribution in [-0.2, 0) is 13.0 Å². The Morgan fingerprint density at radius 3 is 2.91 bits per heavy atom. The van der Waals surface area contributed by atoms with E-state index in [9.17, 15) is 9.59 Å². The summed E-state index contributed by atoms with van der Waals surface area (Å²) >= 11 is 2.86. The van der Waals surface area contributed by atoms with Gasteiger partial charge in [-0.2, -0.15) is 0 Å². The molecule has 22 heavy (non-hydrogen) atoms. The van der Waals surface area contributed by atoms with Gasteiger partial charge in [0.05, 0.1) is 28.4 Å². The summed E-state index contributed by atoms with van der Waals surface area (Å²) in [6, 6.07) is 3.59. The highest BCUT2D eigenvalue weighted by molar-refractivity contribution is 7.17. The SMILES string of the molecule is CC[NH+]1CCc2c(sc(NC(=O)c3cccs3)c2C(N)=O)C1. The molecular weight excluding hydrogens is 318 g/mol. The molecule has 0 saturated carbocycles. The van der Waals surface area contributed by atoms with E-state index in [4.69, 9.17) is 5.73 Å². The van der Waals surface area contributed by atoms with Crippen LogP contribution < -0.4 is 16.0 Å². The number of amides is 2. The number of thiophene rings is 2. The Labute approximate surface area is 136 Å². The standard InChI is InChI=1S/C15H17N3O2S2/c1-2-18-6-5-9-11(8-18)22-15(12(9)13(16)19)17-14(20)10-4-3-7-21-10/h3-4,7H,2,5-6,8H2,1H3,(H2,16,19)(H,17,20)/p+1. The van der Waals surface area contributed by atoms with E-state index in [0.29, 0.717) is 15.4 Å². The fraction of sp³-hybridized carbons (Fsp3) is 0.333. The lowest BCUT2D eigenvalue weighted by molar-refractivity contribution is -0.913. The average molecular weight is 336 g/mol. The molecule has 4 N–H and O–H groups in total. The summed E-state index contributed by atoms with van der Waals surface area (Å²) in [5.74, 6) is -0.644. The van der Waals surface area contributed by atoms with Crippen molar-refractivity contribution in [3.05, 3.63) is 38.4 Å². The van der Waals surface area contributed by atoms with Gasteiger partial charge in [-0.1, -0.05) is 6.07 Å². The third-order valence-electron chi connectivity index (χ3n) is 3.95. The molecule has 116 valence electrons. The van der Waals surface area contributed by atoms with Crippen molar-refractivity contribution in [3.8, 4) is 0 Å². The van der Waals surface area contributed by atoms with E-state index >= 15 is 0 Å². The van der Waals surface area contributed by atoms with Gasteiger partial charge in [0.15, 0.2) is 0 Å². The van der Waals surface area contributed by atoms with Crippen molar-refractivity contribution < 1.29 is 14.5 Å². The van der Waals surface area contributed by atoms with Gasteiger partial charge in [-0.25, -0.2) is 0 Å². The molecule has 1 aliphatic heterocycles. The molecule has 2 aromatic rings. The number of anilines is 1. The van der Waals surface area contributed by atoms with Crippen LogP contribution in [0.5, 0.6) is 0 Å². The molecule has 1 atom stereocenters.